The molecule has 1 atom stereocenters. The SMILES string of the molecule is CC(=O)O.CCc1cc(OC)cc(C(Cc2ccc(C(=N)N)cc2)c2nn(-c3ncccn3)c(=O)[nH]2)c1. The maximum atomic E-state index is 12.7. The molecule has 2 heterocycles. The number of ether oxygens (including phenoxy) is 1. The van der Waals surface area contributed by atoms with Crippen LogP contribution in [0.25, 0.3) is 5.95 Å². The third kappa shape index (κ3) is 7.10. The van der Waals surface area contributed by atoms with Gasteiger partial charge in [0.1, 0.15) is 17.4 Å². The summed E-state index contributed by atoms with van der Waals surface area (Å²) in [6.07, 6.45) is 4.53. The molecular formula is C26H29N7O4. The average molecular weight is 504 g/mol. The lowest BCUT2D eigenvalue weighted by Gasteiger charge is -2.17. The van der Waals surface area contributed by atoms with Gasteiger partial charge in [-0.2, -0.15) is 0 Å². The van der Waals surface area contributed by atoms with E-state index in [2.05, 4.69) is 33.0 Å². The summed E-state index contributed by atoms with van der Waals surface area (Å²) in [6.45, 7) is 3.16. The molecule has 0 aliphatic heterocycles. The molecule has 0 aliphatic carbocycles. The number of amidine groups is 1. The molecule has 1 unspecified atom stereocenters. The van der Waals surface area contributed by atoms with Crippen LogP contribution in [-0.4, -0.2) is 48.8 Å². The first-order valence-electron chi connectivity index (χ1n) is 11.5. The van der Waals surface area contributed by atoms with Crippen LogP contribution in [0.1, 0.15) is 47.8 Å². The Morgan fingerprint density at radius 2 is 1.81 bits per heavy atom. The van der Waals surface area contributed by atoms with Gasteiger partial charge in [-0.1, -0.05) is 37.3 Å². The van der Waals surface area contributed by atoms with Gasteiger partial charge in [0, 0.05) is 30.8 Å². The molecule has 4 aromatic rings. The normalized spacial score (nSPS) is 11.2. The van der Waals surface area contributed by atoms with Gasteiger partial charge in [-0.15, -0.1) is 9.78 Å². The van der Waals surface area contributed by atoms with E-state index in [9.17, 15) is 4.79 Å². The number of hydrogen-bond acceptors (Lipinski definition) is 7. The van der Waals surface area contributed by atoms with Crippen molar-refractivity contribution in [3.63, 3.8) is 0 Å². The number of carboxylic acids is 1. The molecule has 0 spiro atoms. The summed E-state index contributed by atoms with van der Waals surface area (Å²) in [5.74, 6) is 0.373. The molecule has 0 saturated heterocycles. The Balaban J connectivity index is 0.000000886. The van der Waals surface area contributed by atoms with Crippen LogP contribution < -0.4 is 16.2 Å². The van der Waals surface area contributed by atoms with Crippen LogP contribution in [0, 0.1) is 5.41 Å². The van der Waals surface area contributed by atoms with Crippen molar-refractivity contribution in [2.45, 2.75) is 32.6 Å². The van der Waals surface area contributed by atoms with E-state index >= 15 is 0 Å². The first kappa shape index (κ1) is 26.8. The van der Waals surface area contributed by atoms with Crippen molar-refractivity contribution >= 4 is 11.8 Å². The van der Waals surface area contributed by atoms with Crippen LogP contribution in [0.3, 0.4) is 0 Å². The van der Waals surface area contributed by atoms with Crippen molar-refractivity contribution in [3.8, 4) is 11.7 Å². The van der Waals surface area contributed by atoms with E-state index in [1.807, 2.05) is 36.4 Å². The fourth-order valence-corrected chi connectivity index (χ4v) is 3.67. The summed E-state index contributed by atoms with van der Waals surface area (Å²) >= 11 is 0. The number of aromatic nitrogens is 5. The summed E-state index contributed by atoms with van der Waals surface area (Å²) < 4.78 is 6.69. The summed E-state index contributed by atoms with van der Waals surface area (Å²) in [7, 11) is 1.64. The van der Waals surface area contributed by atoms with Gasteiger partial charge in [0.25, 0.3) is 11.9 Å². The van der Waals surface area contributed by atoms with Gasteiger partial charge in [0.15, 0.2) is 0 Å². The summed E-state index contributed by atoms with van der Waals surface area (Å²) in [6, 6.07) is 15.2. The summed E-state index contributed by atoms with van der Waals surface area (Å²) in [5.41, 5.74) is 8.94. The number of carbonyl (C=O) groups is 1. The predicted octanol–water partition coefficient (Wildman–Crippen LogP) is 2.67. The minimum atomic E-state index is -0.833. The number of nitrogens with two attached hydrogens (primary N) is 1. The molecular weight excluding hydrogens is 474 g/mol. The minimum absolute atomic E-state index is 0.0180. The van der Waals surface area contributed by atoms with Gasteiger partial charge in [-0.25, -0.2) is 14.8 Å². The van der Waals surface area contributed by atoms with Crippen molar-refractivity contribution in [1.29, 1.82) is 5.41 Å². The molecule has 192 valence electrons. The van der Waals surface area contributed by atoms with Crippen molar-refractivity contribution in [2.24, 2.45) is 5.73 Å². The molecule has 0 saturated carbocycles. The Kier molecular flexibility index (Phi) is 8.87. The smallest absolute Gasteiger partial charge is 0.350 e. The highest BCUT2D eigenvalue weighted by atomic mass is 16.5. The largest absolute Gasteiger partial charge is 0.497 e. The number of aliphatic carboxylic acids is 1. The lowest BCUT2D eigenvalue weighted by molar-refractivity contribution is -0.134. The average Bonchev–Trinajstić information content (AvgIpc) is 3.28. The maximum Gasteiger partial charge on any atom is 0.350 e. The lowest BCUT2D eigenvalue weighted by atomic mass is 9.89. The Bertz CT molecular complexity index is 1390. The van der Waals surface area contributed by atoms with Crippen LogP contribution in [0.4, 0.5) is 0 Å². The van der Waals surface area contributed by atoms with Crippen molar-refractivity contribution in [1.82, 2.24) is 24.7 Å². The third-order valence-corrected chi connectivity index (χ3v) is 5.45. The van der Waals surface area contributed by atoms with Crippen LogP contribution in [0.15, 0.2) is 65.7 Å². The number of aromatic amines is 1. The number of nitrogens with one attached hydrogen (secondary N) is 2. The zero-order valence-electron chi connectivity index (χ0n) is 20.8. The van der Waals surface area contributed by atoms with Crippen molar-refractivity contribution < 1.29 is 14.6 Å². The van der Waals surface area contributed by atoms with Gasteiger partial charge >= 0.3 is 5.69 Å². The van der Waals surface area contributed by atoms with Crippen LogP contribution in [0.2, 0.25) is 0 Å². The standard InChI is InChI=1S/C24H25N7O2.C2H4O2/c1-3-15-11-18(14-19(12-15)33-2)20(13-16-5-7-17(8-6-16)21(25)26)22-29-24(32)31(30-22)23-27-9-4-10-28-23;1-2(3)4/h4-12,14,20H,3,13H2,1-2H3,(H3,25,26)(H,29,30,32);1H3,(H,3,4). The first-order valence-corrected chi connectivity index (χ1v) is 11.5. The second-order valence-electron chi connectivity index (χ2n) is 8.13. The highest BCUT2D eigenvalue weighted by Gasteiger charge is 2.22. The van der Waals surface area contributed by atoms with Gasteiger partial charge in [0.2, 0.25) is 0 Å². The van der Waals surface area contributed by atoms with E-state index in [0.717, 1.165) is 35.8 Å². The lowest BCUT2D eigenvalue weighted by Crippen LogP contribution is -2.18. The first-order chi connectivity index (χ1) is 17.7. The van der Waals surface area contributed by atoms with Gasteiger partial charge in [-0.05, 0) is 47.7 Å². The molecule has 0 amide bonds. The van der Waals surface area contributed by atoms with E-state index in [4.69, 9.17) is 25.8 Å². The summed E-state index contributed by atoms with van der Waals surface area (Å²) in [4.78, 5) is 32.9. The maximum absolute atomic E-state index is 12.7. The predicted molar refractivity (Wildman–Crippen MR) is 138 cm³/mol. The topological polar surface area (TPSA) is 173 Å². The van der Waals surface area contributed by atoms with E-state index in [0.29, 0.717) is 17.8 Å². The number of hydrogen-bond donors (Lipinski definition) is 4. The molecule has 0 aliphatic rings. The summed E-state index contributed by atoms with van der Waals surface area (Å²) in [5, 5.41) is 19.6. The fraction of sp³-hybridized carbons (Fsp3) is 0.231. The van der Waals surface area contributed by atoms with Crippen LogP contribution in [-0.2, 0) is 17.6 Å². The van der Waals surface area contributed by atoms with Gasteiger partial charge in [0.05, 0.1) is 7.11 Å². The van der Waals surface area contributed by atoms with E-state index in [-0.39, 0.29) is 17.7 Å². The number of aryl methyl sites for hydroxylation is 1. The van der Waals surface area contributed by atoms with Crippen molar-refractivity contribution in [3.05, 3.63) is 99.5 Å². The highest BCUT2D eigenvalue weighted by molar-refractivity contribution is 5.94. The minimum Gasteiger partial charge on any atom is -0.497 e. The Morgan fingerprint density at radius 3 is 2.38 bits per heavy atom. The van der Waals surface area contributed by atoms with Crippen LogP contribution >= 0.6 is 0 Å². The van der Waals surface area contributed by atoms with E-state index in [1.54, 1.807) is 25.6 Å². The number of rotatable bonds is 8. The second-order valence-corrected chi connectivity index (χ2v) is 8.13. The van der Waals surface area contributed by atoms with E-state index < -0.39 is 11.7 Å². The molecule has 0 radical (unpaired) electrons. The molecule has 4 rings (SSSR count). The number of nitrogen functional groups attached to an aromatic ring is 1. The van der Waals surface area contributed by atoms with E-state index in [1.165, 1.54) is 4.68 Å². The molecule has 2 aromatic carbocycles. The van der Waals surface area contributed by atoms with Crippen molar-refractivity contribution in [2.75, 3.05) is 7.11 Å². The number of methoxy groups -OCH3 is 1. The van der Waals surface area contributed by atoms with Gasteiger partial charge < -0.3 is 15.6 Å². The second kappa shape index (κ2) is 12.2. The number of nitrogens with zero attached hydrogens (tertiary/aromatic N) is 4. The highest BCUT2D eigenvalue weighted by Crippen LogP contribution is 2.30. The molecule has 11 heteroatoms. The zero-order chi connectivity index (χ0) is 26.9. The van der Waals surface area contributed by atoms with Crippen LogP contribution in [0.5, 0.6) is 5.75 Å². The molecule has 37 heavy (non-hydrogen) atoms. The molecule has 0 fully saturated rings. The molecule has 0 bridgehead atoms. The quantitative estimate of drug-likeness (QED) is 0.210. The molecule has 11 nitrogen and oxygen atoms in total. The Hall–Kier alpha value is -4.80. The number of H-pyrrole nitrogens is 1. The molecule has 5 N–H and O–H groups in total. The fourth-order valence-electron chi connectivity index (χ4n) is 3.67. The Labute approximate surface area is 213 Å². The van der Waals surface area contributed by atoms with Gasteiger partial charge in [-0.3, -0.25) is 15.2 Å². The molecule has 2 aromatic heterocycles. The number of carboxylic acid groups (broad SMARTS) is 1. The third-order valence-electron chi connectivity index (χ3n) is 5.45. The monoisotopic (exact) mass is 503 g/mol. The zero-order valence-corrected chi connectivity index (χ0v) is 20.8. The number of benzene rings is 2. The Morgan fingerprint density at radius 1 is 1.16 bits per heavy atom.